The number of likely N-dealkylation sites (tertiary alicyclic amines) is 1. The number of amides is 1. The zero-order valence-corrected chi connectivity index (χ0v) is 13.5. The quantitative estimate of drug-likeness (QED) is 0.905. The molecule has 0 spiro atoms. The largest absolute Gasteiger partial charge is 0.377 e. The molecule has 1 N–H and O–H groups in total. The van der Waals surface area contributed by atoms with Gasteiger partial charge >= 0.3 is 0 Å². The average molecular weight is 306 g/mol. The van der Waals surface area contributed by atoms with Gasteiger partial charge in [0.15, 0.2) is 0 Å². The van der Waals surface area contributed by atoms with Crippen LogP contribution in [0.3, 0.4) is 0 Å². The summed E-state index contributed by atoms with van der Waals surface area (Å²) in [5, 5.41) is 7.37. The molecule has 2 fully saturated rings. The fourth-order valence-electron chi connectivity index (χ4n) is 3.42. The smallest absolute Gasteiger partial charge is 0.269 e. The van der Waals surface area contributed by atoms with E-state index in [-0.39, 0.29) is 11.9 Å². The van der Waals surface area contributed by atoms with Gasteiger partial charge in [0, 0.05) is 39.3 Å². The van der Waals surface area contributed by atoms with Gasteiger partial charge in [-0.15, -0.1) is 0 Å². The Kier molecular flexibility index (Phi) is 4.78. The molecular formula is C16H26N4O2. The van der Waals surface area contributed by atoms with Crippen LogP contribution in [0.25, 0.3) is 0 Å². The molecule has 0 radical (unpaired) electrons. The summed E-state index contributed by atoms with van der Waals surface area (Å²) in [6.45, 7) is 5.94. The van der Waals surface area contributed by atoms with E-state index >= 15 is 0 Å². The normalized spacial score (nSPS) is 23.8. The number of carbonyl (C=O) groups is 1. The van der Waals surface area contributed by atoms with Crippen LogP contribution in [0.2, 0.25) is 0 Å². The van der Waals surface area contributed by atoms with Crippen molar-refractivity contribution in [3.05, 3.63) is 17.5 Å². The van der Waals surface area contributed by atoms with Gasteiger partial charge in [-0.2, -0.15) is 5.10 Å². The SMILES string of the molecule is Cc1cc(C(=O)NC2CCN(CC3CCCO3)CC2)n(C)n1. The van der Waals surface area contributed by atoms with Crippen molar-refractivity contribution in [1.82, 2.24) is 20.0 Å². The maximum Gasteiger partial charge on any atom is 0.269 e. The van der Waals surface area contributed by atoms with Crippen LogP contribution < -0.4 is 5.32 Å². The zero-order chi connectivity index (χ0) is 15.5. The van der Waals surface area contributed by atoms with E-state index in [1.54, 1.807) is 4.68 Å². The lowest BCUT2D eigenvalue weighted by Gasteiger charge is -2.33. The Balaban J connectivity index is 1.45. The third kappa shape index (κ3) is 3.67. The molecule has 3 rings (SSSR count). The number of aromatic nitrogens is 2. The van der Waals surface area contributed by atoms with Gasteiger partial charge < -0.3 is 15.0 Å². The first kappa shape index (κ1) is 15.5. The molecule has 2 aliphatic rings. The minimum absolute atomic E-state index is 0.0133. The van der Waals surface area contributed by atoms with E-state index in [0.717, 1.165) is 44.8 Å². The van der Waals surface area contributed by atoms with Crippen LogP contribution in [-0.4, -0.2) is 59.0 Å². The molecule has 0 aliphatic carbocycles. The van der Waals surface area contributed by atoms with E-state index in [1.165, 1.54) is 12.8 Å². The van der Waals surface area contributed by atoms with Gasteiger partial charge in [0.1, 0.15) is 5.69 Å². The van der Waals surface area contributed by atoms with E-state index < -0.39 is 0 Å². The number of aryl methyl sites for hydroxylation is 2. The lowest BCUT2D eigenvalue weighted by Crippen LogP contribution is -2.46. The summed E-state index contributed by atoms with van der Waals surface area (Å²) in [5.41, 5.74) is 1.51. The summed E-state index contributed by atoms with van der Waals surface area (Å²) in [4.78, 5) is 14.8. The number of rotatable bonds is 4. The molecule has 1 aromatic heterocycles. The number of ether oxygens (including phenoxy) is 1. The molecule has 1 amide bonds. The van der Waals surface area contributed by atoms with Crippen LogP contribution in [0.4, 0.5) is 0 Å². The number of piperidine rings is 1. The number of hydrogen-bond acceptors (Lipinski definition) is 4. The maximum atomic E-state index is 12.3. The highest BCUT2D eigenvalue weighted by atomic mass is 16.5. The third-order valence-electron chi connectivity index (χ3n) is 4.64. The van der Waals surface area contributed by atoms with Gasteiger partial charge in [0.05, 0.1) is 11.8 Å². The van der Waals surface area contributed by atoms with Gasteiger partial charge in [-0.3, -0.25) is 9.48 Å². The summed E-state index contributed by atoms with van der Waals surface area (Å²) >= 11 is 0. The second-order valence-corrected chi connectivity index (χ2v) is 6.48. The minimum atomic E-state index is -0.0133. The molecular weight excluding hydrogens is 280 g/mol. The van der Waals surface area contributed by atoms with Crippen molar-refractivity contribution < 1.29 is 9.53 Å². The van der Waals surface area contributed by atoms with E-state index in [1.807, 2.05) is 20.0 Å². The number of nitrogens with one attached hydrogen (secondary N) is 1. The van der Waals surface area contributed by atoms with Gasteiger partial charge in [0.2, 0.25) is 0 Å². The lowest BCUT2D eigenvalue weighted by molar-refractivity contribution is 0.0612. The molecule has 1 unspecified atom stereocenters. The molecule has 0 aromatic carbocycles. The standard InChI is InChI=1S/C16H26N4O2/c1-12-10-15(19(2)18-12)16(21)17-13-5-7-20(8-6-13)11-14-4-3-9-22-14/h10,13-14H,3-9,11H2,1-2H3,(H,17,21). The van der Waals surface area contributed by atoms with Crippen molar-refractivity contribution in [1.29, 1.82) is 0 Å². The Morgan fingerprint density at radius 3 is 2.77 bits per heavy atom. The van der Waals surface area contributed by atoms with E-state index in [0.29, 0.717) is 11.8 Å². The summed E-state index contributed by atoms with van der Waals surface area (Å²) in [5.74, 6) is -0.0133. The van der Waals surface area contributed by atoms with E-state index in [2.05, 4.69) is 15.3 Å². The third-order valence-corrected chi connectivity index (χ3v) is 4.64. The monoisotopic (exact) mass is 306 g/mol. The van der Waals surface area contributed by atoms with Gasteiger partial charge in [0.25, 0.3) is 5.91 Å². The second kappa shape index (κ2) is 6.79. The molecule has 0 saturated carbocycles. The van der Waals surface area contributed by atoms with E-state index in [4.69, 9.17) is 4.74 Å². The predicted octanol–water partition coefficient (Wildman–Crippen LogP) is 1.10. The van der Waals surface area contributed by atoms with Crippen molar-refractivity contribution in [2.75, 3.05) is 26.2 Å². The van der Waals surface area contributed by atoms with Crippen LogP contribution in [-0.2, 0) is 11.8 Å². The number of nitrogens with zero attached hydrogens (tertiary/aromatic N) is 3. The molecule has 2 saturated heterocycles. The molecule has 1 atom stereocenters. The van der Waals surface area contributed by atoms with Gasteiger partial charge in [-0.25, -0.2) is 0 Å². The van der Waals surface area contributed by atoms with Crippen molar-refractivity contribution in [2.45, 2.75) is 44.8 Å². The van der Waals surface area contributed by atoms with Crippen molar-refractivity contribution in [3.63, 3.8) is 0 Å². The number of hydrogen-bond donors (Lipinski definition) is 1. The molecule has 3 heterocycles. The summed E-state index contributed by atoms with van der Waals surface area (Å²) in [7, 11) is 1.81. The molecule has 22 heavy (non-hydrogen) atoms. The lowest BCUT2D eigenvalue weighted by atomic mass is 10.0. The van der Waals surface area contributed by atoms with Crippen molar-refractivity contribution >= 4 is 5.91 Å². The van der Waals surface area contributed by atoms with Crippen molar-refractivity contribution in [2.24, 2.45) is 7.05 Å². The Bertz CT molecular complexity index is 514. The summed E-state index contributed by atoms with van der Waals surface area (Å²) in [6, 6.07) is 2.10. The van der Waals surface area contributed by atoms with Crippen molar-refractivity contribution in [3.8, 4) is 0 Å². The molecule has 6 heteroatoms. The van der Waals surface area contributed by atoms with Crippen LogP contribution in [0, 0.1) is 6.92 Å². The van der Waals surface area contributed by atoms with Gasteiger partial charge in [-0.1, -0.05) is 0 Å². The average Bonchev–Trinajstić information content (AvgIpc) is 3.10. The van der Waals surface area contributed by atoms with Crippen LogP contribution in [0.15, 0.2) is 6.07 Å². The molecule has 0 bridgehead atoms. The Hall–Kier alpha value is -1.40. The topological polar surface area (TPSA) is 59.4 Å². The number of carbonyl (C=O) groups excluding carboxylic acids is 1. The molecule has 1 aromatic rings. The fraction of sp³-hybridized carbons (Fsp3) is 0.750. The van der Waals surface area contributed by atoms with E-state index in [9.17, 15) is 4.79 Å². The first-order valence-electron chi connectivity index (χ1n) is 8.27. The van der Waals surface area contributed by atoms with Gasteiger partial charge in [-0.05, 0) is 38.7 Å². The summed E-state index contributed by atoms with van der Waals surface area (Å²) in [6.07, 6.45) is 4.83. The van der Waals surface area contributed by atoms with Crippen LogP contribution in [0.5, 0.6) is 0 Å². The minimum Gasteiger partial charge on any atom is -0.377 e. The highest BCUT2D eigenvalue weighted by molar-refractivity contribution is 5.92. The first-order valence-corrected chi connectivity index (χ1v) is 8.27. The fourth-order valence-corrected chi connectivity index (χ4v) is 3.42. The predicted molar refractivity (Wildman–Crippen MR) is 83.8 cm³/mol. The Labute approximate surface area is 131 Å². The second-order valence-electron chi connectivity index (χ2n) is 6.48. The molecule has 122 valence electrons. The molecule has 6 nitrogen and oxygen atoms in total. The highest BCUT2D eigenvalue weighted by Gasteiger charge is 2.25. The first-order chi connectivity index (χ1) is 10.6. The Morgan fingerprint density at radius 2 is 2.18 bits per heavy atom. The molecule has 2 aliphatic heterocycles. The van der Waals surface area contributed by atoms with Crippen LogP contribution >= 0.6 is 0 Å². The zero-order valence-electron chi connectivity index (χ0n) is 13.5. The van der Waals surface area contributed by atoms with Crippen LogP contribution in [0.1, 0.15) is 41.9 Å². The Morgan fingerprint density at radius 1 is 1.41 bits per heavy atom. The summed E-state index contributed by atoms with van der Waals surface area (Å²) < 4.78 is 7.35. The maximum absolute atomic E-state index is 12.3. The highest BCUT2D eigenvalue weighted by Crippen LogP contribution is 2.17.